The number of imidazole rings is 1. The number of carbonyl (C=O) groups is 4. The van der Waals surface area contributed by atoms with Crippen molar-refractivity contribution in [2.45, 2.75) is 146 Å². The van der Waals surface area contributed by atoms with Crippen molar-refractivity contribution in [3.8, 4) is 0 Å². The first-order valence-corrected chi connectivity index (χ1v) is 20.6. The average Bonchev–Trinajstić information content (AvgIpc) is 3.60. The van der Waals surface area contributed by atoms with Crippen LogP contribution in [0.2, 0.25) is 0 Å². The van der Waals surface area contributed by atoms with E-state index in [9.17, 15) is 24.3 Å². The summed E-state index contributed by atoms with van der Waals surface area (Å²) in [5.74, 6) is 0.410. The minimum Gasteiger partial charge on any atom is -0.481 e. The molecule has 1 amide bonds. The number of nitrogens with zero attached hydrogens (tertiary/aromatic N) is 2. The van der Waals surface area contributed by atoms with Gasteiger partial charge in [-0.25, -0.2) is 4.98 Å². The van der Waals surface area contributed by atoms with E-state index in [-0.39, 0.29) is 63.2 Å². The Balaban J connectivity index is 1.13. The second-order valence-corrected chi connectivity index (χ2v) is 20.7. The number of ketones is 1. The number of esters is 1. The maximum absolute atomic E-state index is 14.0. The Morgan fingerprint density at radius 2 is 1.64 bits per heavy atom. The lowest BCUT2D eigenvalue weighted by molar-refractivity contribution is -0.236. The zero-order valence-electron chi connectivity index (χ0n) is 34.1. The van der Waals surface area contributed by atoms with E-state index in [1.807, 2.05) is 31.7 Å². The molecule has 5 saturated carbocycles. The molecule has 0 saturated heterocycles. The van der Waals surface area contributed by atoms with Gasteiger partial charge < -0.3 is 19.7 Å². The number of ether oxygens (including phenoxy) is 1. The Bertz CT molecular complexity index is 1740. The van der Waals surface area contributed by atoms with E-state index in [0.29, 0.717) is 37.6 Å². The van der Waals surface area contributed by atoms with E-state index in [4.69, 9.17) is 4.74 Å². The van der Waals surface area contributed by atoms with Crippen LogP contribution in [0.5, 0.6) is 0 Å². The highest BCUT2D eigenvalue weighted by Gasteiger charge is 2.70. The smallest absolute Gasteiger partial charge is 0.309 e. The van der Waals surface area contributed by atoms with Crippen LogP contribution in [0.15, 0.2) is 23.5 Å². The van der Waals surface area contributed by atoms with Crippen molar-refractivity contribution in [1.29, 1.82) is 0 Å². The van der Waals surface area contributed by atoms with Crippen molar-refractivity contribution in [1.82, 2.24) is 14.9 Å². The molecule has 9 nitrogen and oxygen atoms in total. The van der Waals surface area contributed by atoms with Gasteiger partial charge in [0.1, 0.15) is 11.9 Å². The zero-order valence-corrected chi connectivity index (χ0v) is 34.1. The van der Waals surface area contributed by atoms with Crippen molar-refractivity contribution in [2.75, 3.05) is 0 Å². The Hall–Kier alpha value is -2.97. The van der Waals surface area contributed by atoms with Gasteiger partial charge in [-0.3, -0.25) is 19.2 Å². The Morgan fingerprint density at radius 3 is 2.26 bits per heavy atom. The molecule has 9 heteroatoms. The summed E-state index contributed by atoms with van der Waals surface area (Å²) in [6.07, 6.45) is 12.6. The first kappa shape index (κ1) is 38.3. The van der Waals surface area contributed by atoms with Gasteiger partial charge in [0.25, 0.3) is 0 Å². The number of hydrogen-bond acceptors (Lipinski definition) is 6. The highest BCUT2D eigenvalue weighted by Crippen LogP contribution is 2.77. The Morgan fingerprint density at radius 1 is 0.925 bits per heavy atom. The van der Waals surface area contributed by atoms with Crippen LogP contribution >= 0.6 is 0 Å². The number of fused-ring (bicyclic) bond motifs is 7. The third-order valence-electron chi connectivity index (χ3n) is 17.5. The third-order valence-corrected chi connectivity index (χ3v) is 17.5. The van der Waals surface area contributed by atoms with Gasteiger partial charge in [0.05, 0.1) is 18.4 Å². The molecule has 53 heavy (non-hydrogen) atoms. The highest BCUT2D eigenvalue weighted by molar-refractivity contribution is 6.01. The normalized spacial score (nSPS) is 41.1. The van der Waals surface area contributed by atoms with Gasteiger partial charge in [-0.05, 0) is 109 Å². The second-order valence-electron chi connectivity index (χ2n) is 20.7. The molecule has 2 N–H and O–H groups in total. The van der Waals surface area contributed by atoms with E-state index >= 15 is 0 Å². The molecule has 0 bridgehead atoms. The third kappa shape index (κ3) is 5.45. The van der Waals surface area contributed by atoms with Gasteiger partial charge in [-0.2, -0.15) is 0 Å². The molecular weight excluding hydrogens is 666 g/mol. The standard InChI is InChI=1S/C44H65N3O6/c1-25(2)35-29(48)22-44(23-34(49)46-24-33-45-19-20-47(33)10)18-17-42(8)26(36(35)44)11-12-31-41(7)15-14-32(40(5,6)30(41)13-16-43(31,42)9)53-38(52)28-21-27(37(50)51)39(28,3)4/h19-20,25-28,30-32H,11-18,21-24H2,1-10H3,(H,46,49)(H,50,51)/t26-,27+,28-,30+,31-,32+,41+,42-,43-,44+/m1/s1. The van der Waals surface area contributed by atoms with Gasteiger partial charge in [0.2, 0.25) is 5.91 Å². The van der Waals surface area contributed by atoms with Crippen LogP contribution in [0.1, 0.15) is 139 Å². The molecule has 10 atom stereocenters. The maximum Gasteiger partial charge on any atom is 0.309 e. The number of carboxylic acids is 1. The van der Waals surface area contributed by atoms with E-state index in [1.165, 1.54) is 5.57 Å². The predicted molar refractivity (Wildman–Crippen MR) is 202 cm³/mol. The SMILES string of the molecule is CC(C)C1=C2[C@H]3CC[C@@H]4[C@@]5(C)CC[C@H](OC(=O)[C@H]6C[C@@H](C(=O)O)C6(C)C)C(C)(C)[C@@H]5CC[C@@]4(C)[C@]3(C)CC[C@@]2(CC(=O)NCc2nccn2C)CC1=O. The second kappa shape index (κ2) is 12.5. The lowest BCUT2D eigenvalue weighted by atomic mass is 9.33. The number of allylic oxidation sites excluding steroid dienone is 2. The number of amides is 1. The van der Waals surface area contributed by atoms with Gasteiger partial charge in [0.15, 0.2) is 5.78 Å². The number of nitrogens with one attached hydrogen (secondary N) is 1. The van der Waals surface area contributed by atoms with Crippen LogP contribution in [0.25, 0.3) is 0 Å². The van der Waals surface area contributed by atoms with Crippen LogP contribution in [0.3, 0.4) is 0 Å². The van der Waals surface area contributed by atoms with Crippen LogP contribution in [0, 0.1) is 68.0 Å². The fourth-order valence-corrected chi connectivity index (χ4v) is 14.2. The number of aromatic nitrogens is 2. The van der Waals surface area contributed by atoms with Gasteiger partial charge >= 0.3 is 11.9 Å². The molecule has 0 unspecified atom stereocenters. The molecular formula is C44H65N3O6. The highest BCUT2D eigenvalue weighted by atomic mass is 16.5. The molecule has 1 aromatic heterocycles. The van der Waals surface area contributed by atoms with E-state index in [0.717, 1.165) is 62.8 Å². The molecule has 1 heterocycles. The quantitative estimate of drug-likeness (QED) is 0.259. The van der Waals surface area contributed by atoms with Crippen LogP contribution < -0.4 is 5.32 Å². The lowest BCUT2D eigenvalue weighted by Crippen LogP contribution is -2.66. The number of rotatable bonds is 8. The van der Waals surface area contributed by atoms with E-state index in [2.05, 4.69) is 58.8 Å². The summed E-state index contributed by atoms with van der Waals surface area (Å²) < 4.78 is 8.33. The average molecular weight is 732 g/mol. The lowest BCUT2D eigenvalue weighted by Gasteiger charge is -2.72. The fourth-order valence-electron chi connectivity index (χ4n) is 14.2. The van der Waals surface area contributed by atoms with Crippen LogP contribution in [-0.4, -0.2) is 44.4 Å². The van der Waals surface area contributed by atoms with Crippen molar-refractivity contribution >= 4 is 23.6 Å². The number of carbonyl (C=O) groups excluding carboxylic acids is 3. The molecule has 292 valence electrons. The predicted octanol–water partition coefficient (Wildman–Crippen LogP) is 8.07. The summed E-state index contributed by atoms with van der Waals surface area (Å²) in [4.78, 5) is 57.5. The molecule has 7 rings (SSSR count). The maximum atomic E-state index is 14.0. The summed E-state index contributed by atoms with van der Waals surface area (Å²) in [7, 11) is 1.93. The molecule has 0 spiro atoms. The number of Topliss-reactive ketones (excluding diaryl/α,β-unsaturated/α-hetero) is 1. The van der Waals surface area contributed by atoms with Gasteiger partial charge in [0, 0.05) is 43.1 Å². The Labute approximate surface area is 316 Å². The van der Waals surface area contributed by atoms with Crippen molar-refractivity contribution < 1.29 is 29.0 Å². The fraction of sp³-hybridized carbons (Fsp3) is 0.795. The van der Waals surface area contributed by atoms with E-state index < -0.39 is 22.7 Å². The minimum atomic E-state index is -0.830. The van der Waals surface area contributed by atoms with Crippen molar-refractivity contribution in [3.05, 3.63) is 29.4 Å². The number of aliphatic carboxylic acids is 1. The topological polar surface area (TPSA) is 128 Å². The van der Waals surface area contributed by atoms with Crippen molar-refractivity contribution in [3.63, 3.8) is 0 Å². The summed E-state index contributed by atoms with van der Waals surface area (Å²) in [6, 6.07) is 0. The summed E-state index contributed by atoms with van der Waals surface area (Å²) in [6.45, 7) is 20.7. The summed E-state index contributed by atoms with van der Waals surface area (Å²) >= 11 is 0. The molecule has 1 aromatic rings. The first-order valence-electron chi connectivity index (χ1n) is 20.6. The van der Waals surface area contributed by atoms with Crippen LogP contribution in [0.4, 0.5) is 0 Å². The summed E-state index contributed by atoms with van der Waals surface area (Å²) in [5.41, 5.74) is 1.25. The molecule has 6 aliphatic rings. The first-order chi connectivity index (χ1) is 24.6. The number of hydrogen-bond donors (Lipinski definition) is 2. The molecule has 6 aliphatic carbocycles. The zero-order chi connectivity index (χ0) is 38.7. The van der Waals surface area contributed by atoms with Crippen molar-refractivity contribution in [2.24, 2.45) is 75.0 Å². The van der Waals surface area contributed by atoms with Crippen LogP contribution in [-0.2, 0) is 37.5 Å². The number of aryl methyl sites for hydroxylation is 1. The molecule has 0 aromatic carbocycles. The monoisotopic (exact) mass is 731 g/mol. The molecule has 0 radical (unpaired) electrons. The van der Waals surface area contributed by atoms with Gasteiger partial charge in [-0.15, -0.1) is 0 Å². The summed E-state index contributed by atoms with van der Waals surface area (Å²) in [5, 5.41) is 12.8. The number of carboxylic acid groups (broad SMARTS) is 1. The van der Waals surface area contributed by atoms with E-state index in [1.54, 1.807) is 6.20 Å². The Kier molecular flexibility index (Phi) is 9.05. The van der Waals surface area contributed by atoms with Gasteiger partial charge in [-0.1, -0.05) is 67.9 Å². The molecule has 0 aliphatic heterocycles. The minimum absolute atomic E-state index is 0.000865. The largest absolute Gasteiger partial charge is 0.481 e. The molecule has 5 fully saturated rings.